The van der Waals surface area contributed by atoms with E-state index in [9.17, 15) is 4.79 Å². The third-order valence-corrected chi connectivity index (χ3v) is 5.59. The summed E-state index contributed by atoms with van der Waals surface area (Å²) in [5.41, 5.74) is 1.40. The molecule has 0 amide bonds. The van der Waals surface area contributed by atoms with E-state index in [0.29, 0.717) is 39.9 Å². The highest BCUT2D eigenvalue weighted by molar-refractivity contribution is 7.99. The summed E-state index contributed by atoms with van der Waals surface area (Å²) in [7, 11) is 0. The summed E-state index contributed by atoms with van der Waals surface area (Å²) in [5.74, 6) is 2.76. The van der Waals surface area contributed by atoms with Gasteiger partial charge in [-0.25, -0.2) is 4.98 Å². The van der Waals surface area contributed by atoms with Crippen LogP contribution in [0.3, 0.4) is 0 Å². The number of aromatic nitrogens is 2. The van der Waals surface area contributed by atoms with Gasteiger partial charge in [-0.15, -0.1) is 0 Å². The summed E-state index contributed by atoms with van der Waals surface area (Å²) < 4.78 is 18.2. The van der Waals surface area contributed by atoms with E-state index in [1.807, 2.05) is 66.7 Å². The third-order valence-electron chi connectivity index (χ3n) is 4.69. The normalized spacial score (nSPS) is 12.3. The summed E-state index contributed by atoms with van der Waals surface area (Å²) in [6.07, 6.45) is 0. The van der Waals surface area contributed by atoms with Crippen LogP contribution >= 0.6 is 11.8 Å². The fourth-order valence-corrected chi connectivity index (χ4v) is 4.10. The number of nitrogens with zero attached hydrogens (tertiary/aromatic N) is 2. The van der Waals surface area contributed by atoms with Crippen LogP contribution in [0.1, 0.15) is 0 Å². The van der Waals surface area contributed by atoms with E-state index in [2.05, 4.69) is 0 Å². The Bertz CT molecular complexity index is 1260. The second-order valence-corrected chi connectivity index (χ2v) is 7.66. The molecule has 30 heavy (non-hydrogen) atoms. The van der Waals surface area contributed by atoms with E-state index in [1.165, 1.54) is 11.8 Å². The lowest BCUT2D eigenvalue weighted by Gasteiger charge is -2.13. The van der Waals surface area contributed by atoms with Crippen LogP contribution in [0.5, 0.6) is 17.2 Å². The molecule has 0 unspecified atom stereocenters. The molecule has 1 aliphatic rings. The lowest BCUT2D eigenvalue weighted by atomic mass is 10.2. The molecule has 5 rings (SSSR count). The van der Waals surface area contributed by atoms with Gasteiger partial charge in [0.25, 0.3) is 5.56 Å². The number of fused-ring (bicyclic) bond motifs is 2. The first kappa shape index (κ1) is 18.6. The molecule has 0 radical (unpaired) electrons. The molecule has 0 atom stereocenters. The van der Waals surface area contributed by atoms with Gasteiger partial charge < -0.3 is 14.2 Å². The Labute approximate surface area is 177 Å². The largest absolute Gasteiger partial charge is 0.493 e. The average Bonchev–Trinajstić information content (AvgIpc) is 3.25. The molecule has 0 saturated carbocycles. The van der Waals surface area contributed by atoms with E-state index in [1.54, 1.807) is 10.6 Å². The van der Waals surface area contributed by atoms with Gasteiger partial charge in [0.15, 0.2) is 16.7 Å². The van der Waals surface area contributed by atoms with Crippen LogP contribution in [0, 0.1) is 0 Å². The molecule has 0 saturated heterocycles. The molecule has 0 bridgehead atoms. The van der Waals surface area contributed by atoms with Crippen molar-refractivity contribution in [1.82, 2.24) is 9.55 Å². The number of rotatable bonds is 6. The van der Waals surface area contributed by atoms with Gasteiger partial charge in [0.1, 0.15) is 5.75 Å². The number of para-hydroxylation sites is 2. The number of hydrogen-bond acceptors (Lipinski definition) is 6. The second-order valence-electron chi connectivity index (χ2n) is 6.60. The molecule has 7 heteroatoms. The maximum atomic E-state index is 13.2. The van der Waals surface area contributed by atoms with E-state index >= 15 is 0 Å². The first-order valence-electron chi connectivity index (χ1n) is 9.52. The molecule has 3 aromatic carbocycles. The van der Waals surface area contributed by atoms with Crippen LogP contribution in [0.25, 0.3) is 16.6 Å². The molecule has 1 aromatic heterocycles. The zero-order valence-corrected chi connectivity index (χ0v) is 16.8. The first-order valence-corrected chi connectivity index (χ1v) is 10.5. The molecule has 0 fully saturated rings. The van der Waals surface area contributed by atoms with E-state index in [-0.39, 0.29) is 12.4 Å². The Morgan fingerprint density at radius 2 is 1.77 bits per heavy atom. The highest BCUT2D eigenvalue weighted by Gasteiger charge is 2.15. The highest BCUT2D eigenvalue weighted by Crippen LogP contribution is 2.35. The van der Waals surface area contributed by atoms with Gasteiger partial charge in [0, 0.05) is 11.8 Å². The van der Waals surface area contributed by atoms with Gasteiger partial charge in [-0.1, -0.05) is 42.1 Å². The van der Waals surface area contributed by atoms with Crippen molar-refractivity contribution in [2.24, 2.45) is 0 Å². The van der Waals surface area contributed by atoms with Crippen LogP contribution in [-0.4, -0.2) is 28.7 Å². The lowest BCUT2D eigenvalue weighted by molar-refractivity contribution is 0.174. The predicted octanol–water partition coefficient (Wildman–Crippen LogP) is 4.29. The SMILES string of the molecule is O=c1c2ccccc2nc(SCCOc2ccc3c(c2)OCO3)n1-c1ccccc1. The predicted molar refractivity (Wildman–Crippen MR) is 116 cm³/mol. The minimum absolute atomic E-state index is 0.0778. The Morgan fingerprint density at radius 1 is 0.967 bits per heavy atom. The minimum atomic E-state index is -0.0778. The van der Waals surface area contributed by atoms with Crippen LogP contribution in [0.4, 0.5) is 0 Å². The number of ether oxygens (including phenoxy) is 3. The van der Waals surface area contributed by atoms with E-state index in [4.69, 9.17) is 19.2 Å². The first-order chi connectivity index (χ1) is 14.8. The molecule has 0 N–H and O–H groups in total. The highest BCUT2D eigenvalue weighted by atomic mass is 32.2. The number of benzene rings is 3. The molecule has 1 aliphatic heterocycles. The summed E-state index contributed by atoms with van der Waals surface area (Å²) in [4.78, 5) is 17.9. The van der Waals surface area contributed by atoms with Crippen molar-refractivity contribution >= 4 is 22.7 Å². The number of hydrogen-bond donors (Lipinski definition) is 0. The van der Waals surface area contributed by atoms with Gasteiger partial charge in [-0.2, -0.15) is 0 Å². The van der Waals surface area contributed by atoms with Crippen molar-refractivity contribution in [2.75, 3.05) is 19.2 Å². The molecule has 6 nitrogen and oxygen atoms in total. The molecule has 0 spiro atoms. The summed E-state index contributed by atoms with van der Waals surface area (Å²) in [5, 5.41) is 1.24. The van der Waals surface area contributed by atoms with Crippen molar-refractivity contribution in [1.29, 1.82) is 0 Å². The summed E-state index contributed by atoms with van der Waals surface area (Å²) in [6.45, 7) is 0.696. The molecule has 0 aliphatic carbocycles. The lowest BCUT2D eigenvalue weighted by Crippen LogP contribution is -2.22. The Hall–Kier alpha value is -3.45. The van der Waals surface area contributed by atoms with E-state index in [0.717, 1.165) is 11.4 Å². The minimum Gasteiger partial charge on any atom is -0.493 e. The van der Waals surface area contributed by atoms with Gasteiger partial charge >= 0.3 is 0 Å². The van der Waals surface area contributed by atoms with Crippen molar-refractivity contribution in [3.05, 3.63) is 83.2 Å². The molecule has 2 heterocycles. The number of thioether (sulfide) groups is 1. The standard InChI is InChI=1S/C23H18N2O4S/c26-22-18-8-4-5-9-19(18)24-23(25(22)16-6-2-1-3-7-16)30-13-12-27-17-10-11-20-21(14-17)29-15-28-20/h1-11,14H,12-13,15H2. The second kappa shape index (κ2) is 8.12. The van der Waals surface area contributed by atoms with Crippen molar-refractivity contribution in [3.63, 3.8) is 0 Å². The average molecular weight is 418 g/mol. The van der Waals surface area contributed by atoms with Crippen LogP contribution in [0.2, 0.25) is 0 Å². The molecule has 150 valence electrons. The Morgan fingerprint density at radius 3 is 2.67 bits per heavy atom. The van der Waals surface area contributed by atoms with Crippen molar-refractivity contribution < 1.29 is 14.2 Å². The van der Waals surface area contributed by atoms with E-state index < -0.39 is 0 Å². The van der Waals surface area contributed by atoms with Crippen LogP contribution < -0.4 is 19.8 Å². The maximum absolute atomic E-state index is 13.2. The zero-order valence-electron chi connectivity index (χ0n) is 16.0. The van der Waals surface area contributed by atoms with Gasteiger partial charge in [-0.05, 0) is 36.4 Å². The third kappa shape index (κ3) is 3.59. The van der Waals surface area contributed by atoms with Crippen molar-refractivity contribution in [3.8, 4) is 22.9 Å². The quantitative estimate of drug-likeness (QED) is 0.265. The maximum Gasteiger partial charge on any atom is 0.266 e. The molecular formula is C23H18N2O4S. The van der Waals surface area contributed by atoms with Gasteiger partial charge in [-0.3, -0.25) is 9.36 Å². The van der Waals surface area contributed by atoms with Crippen LogP contribution in [-0.2, 0) is 0 Å². The van der Waals surface area contributed by atoms with Crippen molar-refractivity contribution in [2.45, 2.75) is 5.16 Å². The fourth-order valence-electron chi connectivity index (χ4n) is 3.27. The van der Waals surface area contributed by atoms with Gasteiger partial charge in [0.2, 0.25) is 6.79 Å². The Kier molecular flexibility index (Phi) is 5.03. The fraction of sp³-hybridized carbons (Fsp3) is 0.130. The summed E-state index contributed by atoms with van der Waals surface area (Å²) in [6, 6.07) is 22.5. The van der Waals surface area contributed by atoms with Crippen LogP contribution in [0.15, 0.2) is 82.7 Å². The molecule has 4 aromatic rings. The topological polar surface area (TPSA) is 62.6 Å². The summed E-state index contributed by atoms with van der Waals surface area (Å²) >= 11 is 1.49. The zero-order chi connectivity index (χ0) is 20.3. The Balaban J connectivity index is 1.37. The molecular weight excluding hydrogens is 400 g/mol. The van der Waals surface area contributed by atoms with Gasteiger partial charge in [0.05, 0.1) is 23.2 Å². The monoisotopic (exact) mass is 418 g/mol. The smallest absolute Gasteiger partial charge is 0.266 e.